The fourth-order valence-electron chi connectivity index (χ4n) is 0. The Morgan fingerprint density at radius 2 is 1.15 bits per heavy atom. The third kappa shape index (κ3) is 414. The molecule has 80 valence electrons. The van der Waals surface area contributed by atoms with E-state index in [0.29, 0.717) is 0 Å². The van der Waals surface area contributed by atoms with Crippen LogP contribution in [0.15, 0.2) is 25.3 Å². The van der Waals surface area contributed by atoms with E-state index in [2.05, 4.69) is 24.6 Å². The van der Waals surface area contributed by atoms with Crippen molar-refractivity contribution in [3.05, 3.63) is 25.3 Å². The predicted molar refractivity (Wildman–Crippen MR) is 37.3 cm³/mol. The molecule has 0 aromatic carbocycles. The second-order valence-corrected chi connectivity index (χ2v) is 3.57. The summed E-state index contributed by atoms with van der Waals surface area (Å²) in [4.78, 5) is 0. The van der Waals surface area contributed by atoms with Crippen molar-refractivity contribution in [1.82, 2.24) is 0 Å². The van der Waals surface area contributed by atoms with E-state index in [-0.39, 0.29) is 0 Å². The summed E-state index contributed by atoms with van der Waals surface area (Å²) in [5, 5.41) is 0. The zero-order chi connectivity index (χ0) is 11.3. The van der Waals surface area contributed by atoms with Crippen molar-refractivity contribution in [3.63, 3.8) is 0 Å². The molecule has 0 unspecified atom stereocenters. The molecule has 0 aliphatic heterocycles. The van der Waals surface area contributed by atoms with E-state index in [0.717, 1.165) is 13.1 Å². The van der Waals surface area contributed by atoms with Crippen molar-refractivity contribution in [1.29, 1.82) is 0 Å². The number of hydrogen-bond acceptors (Lipinski definition) is 4. The maximum absolute atomic E-state index is 8.63. The third-order valence-electron chi connectivity index (χ3n) is 0.408. The zero-order valence-corrected chi connectivity index (χ0v) is 9.45. The van der Waals surface area contributed by atoms with Crippen molar-refractivity contribution in [3.8, 4) is 0 Å². The van der Waals surface area contributed by atoms with E-state index in [1.54, 1.807) is 12.2 Å². The normalized spacial score (nSPS) is 8.31. The van der Waals surface area contributed by atoms with Gasteiger partial charge in [0, 0.05) is 0 Å². The number of hydrogen-bond donors (Lipinski definition) is 2. The van der Waals surface area contributed by atoms with Gasteiger partial charge in [0.25, 0.3) is 0 Å². The van der Waals surface area contributed by atoms with Crippen LogP contribution in [0.3, 0.4) is 0 Å². The summed E-state index contributed by atoms with van der Waals surface area (Å²) in [7, 11) is 0. The molecule has 0 aliphatic carbocycles. The van der Waals surface area contributed by atoms with Crippen LogP contribution in [-0.4, -0.2) is 13.1 Å². The topological polar surface area (TPSA) is 136 Å². The molecule has 0 spiro atoms. The molecule has 6 N–H and O–H groups in total. The Bertz CT molecular complexity index is 185. The van der Waals surface area contributed by atoms with Gasteiger partial charge in [-0.1, -0.05) is 13.2 Å². The molecule has 0 aromatic heterocycles. The van der Waals surface area contributed by atoms with Gasteiger partial charge in [0.15, 0.2) is 0 Å². The van der Waals surface area contributed by atoms with E-state index in [9.17, 15) is 0 Å². The summed E-state index contributed by atoms with van der Waals surface area (Å²) in [6.45, 7) is 8.50. The molecule has 0 radical (unpaired) electrons. The second kappa shape index (κ2) is 14.2. The molecule has 13 heavy (non-hydrogen) atoms. The first kappa shape index (κ1) is 18.4. The van der Waals surface area contributed by atoms with E-state index < -0.39 is 16.7 Å². The molecule has 7 heteroatoms. The fraction of sp³-hybridized carbons (Fsp3) is 0.333. The average Bonchev–Trinajstić information content (AvgIpc) is 2.01. The molecule has 0 rings (SSSR count). The summed E-state index contributed by atoms with van der Waals surface area (Å²) in [5.41, 5.74) is 6.97. The van der Waals surface area contributed by atoms with Crippen molar-refractivity contribution < 1.29 is 42.5 Å². The van der Waals surface area contributed by atoms with Crippen LogP contribution in [0.25, 0.3) is 0 Å². The molecular formula is C6H16MoN2O4. The molecule has 0 saturated heterocycles. The Morgan fingerprint density at radius 1 is 1.08 bits per heavy atom. The number of quaternary nitrogens is 2. The molecule has 0 aromatic rings. The first-order chi connectivity index (χ1) is 5.83. The summed E-state index contributed by atoms with van der Waals surface area (Å²) >= 11 is -6.02. The Balaban J connectivity index is -0.000000117. The molecular weight excluding hydrogens is 260 g/mol. The Labute approximate surface area is 81.3 Å². The quantitative estimate of drug-likeness (QED) is 0.395. The van der Waals surface area contributed by atoms with Crippen LogP contribution < -0.4 is 19.0 Å². The van der Waals surface area contributed by atoms with Crippen LogP contribution in [0.1, 0.15) is 0 Å². The Morgan fingerprint density at radius 3 is 1.15 bits per heavy atom. The van der Waals surface area contributed by atoms with E-state index in [1.165, 1.54) is 0 Å². The van der Waals surface area contributed by atoms with Crippen molar-refractivity contribution in [2.45, 2.75) is 0 Å². The third-order valence-corrected chi connectivity index (χ3v) is 0.408. The van der Waals surface area contributed by atoms with Gasteiger partial charge in [0.2, 0.25) is 0 Å². The summed E-state index contributed by atoms with van der Waals surface area (Å²) < 4.78 is 34.5. The monoisotopic (exact) mass is 278 g/mol. The first-order valence-electron chi connectivity index (χ1n) is 3.30. The van der Waals surface area contributed by atoms with E-state index >= 15 is 0 Å². The van der Waals surface area contributed by atoms with Crippen LogP contribution in [0.5, 0.6) is 0 Å². The molecule has 0 heterocycles. The molecule has 0 fully saturated rings. The Kier molecular flexibility index (Phi) is 20.0. The minimum atomic E-state index is -6.02. The standard InChI is InChI=1S/2C3H7N.Mo.4O/c2*1-2-3-4;;;;;/h2*2H,1,3-4H2;;;;;/q;;;;;2*-1/p+2. The molecule has 0 aliphatic rings. The SMILES string of the molecule is C=CC[NH3+].C=CC[NH3+].[O]=[Mo](=[O])([O-])[O-]. The van der Waals surface area contributed by atoms with Crippen LogP contribution in [0.2, 0.25) is 0 Å². The summed E-state index contributed by atoms with van der Waals surface area (Å²) in [6.07, 6.45) is 3.53. The van der Waals surface area contributed by atoms with Crippen LogP contribution >= 0.6 is 0 Å². The van der Waals surface area contributed by atoms with E-state index in [4.69, 9.17) is 14.3 Å². The summed E-state index contributed by atoms with van der Waals surface area (Å²) in [6, 6.07) is 0. The van der Waals surface area contributed by atoms with Gasteiger partial charge < -0.3 is 11.5 Å². The molecule has 0 bridgehead atoms. The second-order valence-electron chi connectivity index (χ2n) is 1.56. The van der Waals surface area contributed by atoms with Gasteiger partial charge in [-0.05, 0) is 12.2 Å². The van der Waals surface area contributed by atoms with Gasteiger partial charge in [-0.2, -0.15) is 0 Å². The maximum atomic E-state index is 8.63. The molecule has 6 nitrogen and oxygen atoms in total. The van der Waals surface area contributed by atoms with Crippen LogP contribution in [0, 0.1) is 0 Å². The molecule has 0 saturated carbocycles. The van der Waals surface area contributed by atoms with Crippen molar-refractivity contribution in [2.75, 3.05) is 13.1 Å². The van der Waals surface area contributed by atoms with Gasteiger partial charge in [0.05, 0.1) is 13.1 Å². The molecule has 0 atom stereocenters. The van der Waals surface area contributed by atoms with Gasteiger partial charge in [-0.25, -0.2) is 0 Å². The Hall–Kier alpha value is -0.392. The zero-order valence-electron chi connectivity index (χ0n) is 7.44. The van der Waals surface area contributed by atoms with Crippen molar-refractivity contribution >= 4 is 0 Å². The van der Waals surface area contributed by atoms with Gasteiger partial charge in [0.1, 0.15) is 0 Å². The van der Waals surface area contributed by atoms with E-state index in [1.807, 2.05) is 0 Å². The van der Waals surface area contributed by atoms with Gasteiger partial charge >= 0.3 is 31.1 Å². The van der Waals surface area contributed by atoms with Crippen LogP contribution in [-0.2, 0) is 23.5 Å². The average molecular weight is 276 g/mol. The van der Waals surface area contributed by atoms with Gasteiger partial charge in [-0.3, -0.25) is 0 Å². The van der Waals surface area contributed by atoms with Gasteiger partial charge in [-0.15, -0.1) is 0 Å². The van der Waals surface area contributed by atoms with Crippen molar-refractivity contribution in [2.24, 2.45) is 0 Å². The first-order valence-corrected chi connectivity index (χ1v) is 6.58. The fourth-order valence-corrected chi connectivity index (χ4v) is 0. The number of rotatable bonds is 2. The minimum absolute atomic E-state index is 0.833. The van der Waals surface area contributed by atoms with Crippen LogP contribution in [0.4, 0.5) is 0 Å². The molecule has 0 amide bonds. The predicted octanol–water partition coefficient (Wildman–Crippen LogP) is -3.79. The summed E-state index contributed by atoms with van der Waals surface area (Å²) in [5.74, 6) is 0.